The first-order chi connectivity index (χ1) is 10.6. The van der Waals surface area contributed by atoms with E-state index >= 15 is 0 Å². The maximum atomic E-state index is 11.4. The lowest BCUT2D eigenvalue weighted by molar-refractivity contribution is -0.147. The number of benzene rings is 1. The molecule has 1 atom stereocenters. The third-order valence-electron chi connectivity index (χ3n) is 3.91. The van der Waals surface area contributed by atoms with Crippen molar-refractivity contribution < 1.29 is 14.6 Å². The Kier molecular flexibility index (Phi) is 6.40. The van der Waals surface area contributed by atoms with Gasteiger partial charge in [0.2, 0.25) is 0 Å². The van der Waals surface area contributed by atoms with Gasteiger partial charge in [-0.15, -0.1) is 0 Å². The van der Waals surface area contributed by atoms with Crippen molar-refractivity contribution in [2.45, 2.75) is 58.2 Å². The highest BCUT2D eigenvalue weighted by molar-refractivity contribution is 5.69. The van der Waals surface area contributed by atoms with Crippen molar-refractivity contribution in [3.8, 4) is 0 Å². The highest BCUT2D eigenvalue weighted by atomic mass is 16.5. The summed E-state index contributed by atoms with van der Waals surface area (Å²) in [4.78, 5) is 13.7. The Bertz CT molecular complexity index is 468. The van der Waals surface area contributed by atoms with Crippen LogP contribution in [0.25, 0.3) is 0 Å². The van der Waals surface area contributed by atoms with Gasteiger partial charge in [0.15, 0.2) is 0 Å². The monoisotopic (exact) mass is 305 g/mol. The fourth-order valence-electron chi connectivity index (χ4n) is 2.50. The van der Waals surface area contributed by atoms with Gasteiger partial charge in [0.25, 0.3) is 0 Å². The zero-order valence-electron chi connectivity index (χ0n) is 13.6. The fourth-order valence-corrected chi connectivity index (χ4v) is 2.50. The molecule has 1 aromatic rings. The van der Waals surface area contributed by atoms with Gasteiger partial charge in [0, 0.05) is 25.6 Å². The minimum absolute atomic E-state index is 0.0932. The van der Waals surface area contributed by atoms with Crippen molar-refractivity contribution in [1.82, 2.24) is 4.90 Å². The van der Waals surface area contributed by atoms with Crippen LogP contribution in [0.5, 0.6) is 0 Å². The molecule has 0 amide bonds. The first kappa shape index (κ1) is 17.0. The molecule has 2 rings (SSSR count). The molecule has 4 nitrogen and oxygen atoms in total. The van der Waals surface area contributed by atoms with Gasteiger partial charge in [-0.1, -0.05) is 36.8 Å². The van der Waals surface area contributed by atoms with E-state index in [-0.39, 0.29) is 12.6 Å². The van der Waals surface area contributed by atoms with Crippen LogP contribution in [0.3, 0.4) is 0 Å². The number of nitrogens with zero attached hydrogens (tertiary/aromatic N) is 1. The largest absolute Gasteiger partial charge is 0.463 e. The molecule has 1 fully saturated rings. The van der Waals surface area contributed by atoms with Crippen molar-refractivity contribution in [3.05, 3.63) is 35.4 Å². The first-order valence-corrected chi connectivity index (χ1v) is 8.21. The molecule has 0 saturated heterocycles. The van der Waals surface area contributed by atoms with E-state index < -0.39 is 6.10 Å². The van der Waals surface area contributed by atoms with Crippen molar-refractivity contribution in [2.24, 2.45) is 0 Å². The zero-order valence-corrected chi connectivity index (χ0v) is 13.6. The number of ether oxygens (including phenoxy) is 1. The highest BCUT2D eigenvalue weighted by Gasteiger charge is 2.30. The summed E-state index contributed by atoms with van der Waals surface area (Å²) in [6, 6.07) is 9.06. The third kappa shape index (κ3) is 5.78. The van der Waals surface area contributed by atoms with E-state index in [0.29, 0.717) is 19.0 Å². The van der Waals surface area contributed by atoms with E-state index in [9.17, 15) is 9.90 Å². The summed E-state index contributed by atoms with van der Waals surface area (Å²) in [5, 5.41) is 10.1. The summed E-state index contributed by atoms with van der Waals surface area (Å²) in [6.07, 6.45) is 2.95. The molecule has 1 aromatic carbocycles. The fraction of sp³-hybridized carbons (Fsp3) is 0.611. The second-order valence-corrected chi connectivity index (χ2v) is 6.23. The van der Waals surface area contributed by atoms with Crippen LogP contribution in [0.1, 0.15) is 43.7 Å². The number of aryl methyl sites for hydroxylation is 1. The molecule has 0 radical (unpaired) electrons. The Morgan fingerprint density at radius 1 is 1.36 bits per heavy atom. The molecule has 1 saturated carbocycles. The average molecular weight is 305 g/mol. The van der Waals surface area contributed by atoms with Crippen LogP contribution < -0.4 is 0 Å². The van der Waals surface area contributed by atoms with E-state index in [1.165, 1.54) is 24.0 Å². The third-order valence-corrected chi connectivity index (χ3v) is 3.91. The molecule has 0 aliphatic heterocycles. The number of rotatable bonds is 9. The van der Waals surface area contributed by atoms with Gasteiger partial charge in [-0.25, -0.2) is 0 Å². The summed E-state index contributed by atoms with van der Waals surface area (Å²) in [5.41, 5.74) is 2.51. The van der Waals surface area contributed by atoms with Gasteiger partial charge in [-0.2, -0.15) is 0 Å². The molecule has 0 heterocycles. The second kappa shape index (κ2) is 8.30. The first-order valence-electron chi connectivity index (χ1n) is 8.21. The Morgan fingerprint density at radius 3 is 2.64 bits per heavy atom. The average Bonchev–Trinajstić information content (AvgIpc) is 3.32. The van der Waals surface area contributed by atoms with E-state index in [4.69, 9.17) is 4.74 Å². The van der Waals surface area contributed by atoms with Crippen LogP contribution in [0.15, 0.2) is 24.3 Å². The van der Waals surface area contributed by atoms with Crippen molar-refractivity contribution >= 4 is 5.97 Å². The van der Waals surface area contributed by atoms with Gasteiger partial charge in [0.05, 0.1) is 0 Å². The minimum Gasteiger partial charge on any atom is -0.463 e. The normalized spacial score (nSPS) is 15.8. The molecule has 1 aliphatic carbocycles. The topological polar surface area (TPSA) is 49.8 Å². The van der Waals surface area contributed by atoms with E-state index in [1.807, 2.05) is 6.92 Å². The lowest BCUT2D eigenvalue weighted by atomic mass is 10.1. The van der Waals surface area contributed by atoms with E-state index in [0.717, 1.165) is 13.0 Å². The highest BCUT2D eigenvalue weighted by Crippen LogP contribution is 2.28. The number of esters is 1. The summed E-state index contributed by atoms with van der Waals surface area (Å²) < 4.78 is 5.10. The molecule has 4 heteroatoms. The Hall–Kier alpha value is -1.39. The number of aliphatic hydroxyl groups is 1. The van der Waals surface area contributed by atoms with Gasteiger partial charge < -0.3 is 9.84 Å². The van der Waals surface area contributed by atoms with Gasteiger partial charge in [0.1, 0.15) is 12.7 Å². The number of carbonyl (C=O) groups excluding carboxylic acids is 1. The lowest BCUT2D eigenvalue weighted by Gasteiger charge is -2.25. The van der Waals surface area contributed by atoms with Gasteiger partial charge in [-0.05, 0) is 31.7 Å². The van der Waals surface area contributed by atoms with Crippen LogP contribution in [0, 0.1) is 6.92 Å². The summed E-state index contributed by atoms with van der Waals surface area (Å²) in [5.74, 6) is -0.224. The lowest BCUT2D eigenvalue weighted by Crippen LogP contribution is -2.36. The minimum atomic E-state index is -0.619. The smallest absolute Gasteiger partial charge is 0.305 e. The van der Waals surface area contributed by atoms with Crippen LogP contribution >= 0.6 is 0 Å². The molecule has 122 valence electrons. The van der Waals surface area contributed by atoms with Crippen molar-refractivity contribution in [2.75, 3.05) is 13.2 Å². The van der Waals surface area contributed by atoms with Gasteiger partial charge >= 0.3 is 5.97 Å². The number of aliphatic hydroxyl groups excluding tert-OH is 1. The predicted octanol–water partition coefficient (Wildman–Crippen LogP) is 2.66. The SMILES string of the molecule is CCCC(=O)OCC(O)CN(Cc1ccc(C)cc1)C1CC1. The molecule has 1 N–H and O–H groups in total. The Labute approximate surface area is 133 Å². The summed E-state index contributed by atoms with van der Waals surface area (Å²) in [6.45, 7) is 5.50. The summed E-state index contributed by atoms with van der Waals surface area (Å²) >= 11 is 0. The molecule has 0 aromatic heterocycles. The van der Waals surface area contributed by atoms with E-state index in [2.05, 4.69) is 36.1 Å². The van der Waals surface area contributed by atoms with Crippen LogP contribution in [-0.2, 0) is 16.1 Å². The molecular formula is C18H27NO3. The van der Waals surface area contributed by atoms with Crippen LogP contribution in [0.2, 0.25) is 0 Å². The number of carbonyl (C=O) groups is 1. The zero-order chi connectivity index (χ0) is 15.9. The molecule has 0 bridgehead atoms. The molecule has 1 unspecified atom stereocenters. The van der Waals surface area contributed by atoms with Crippen molar-refractivity contribution in [3.63, 3.8) is 0 Å². The molecule has 1 aliphatic rings. The van der Waals surface area contributed by atoms with Crippen LogP contribution in [0.4, 0.5) is 0 Å². The standard InChI is InChI=1S/C18H27NO3/c1-3-4-18(21)22-13-17(20)12-19(16-9-10-16)11-15-7-5-14(2)6-8-15/h5-8,16-17,20H,3-4,9-13H2,1-2H3. The Balaban J connectivity index is 1.81. The molecule has 22 heavy (non-hydrogen) atoms. The quantitative estimate of drug-likeness (QED) is 0.713. The second-order valence-electron chi connectivity index (χ2n) is 6.23. The molecule has 0 spiro atoms. The number of hydrogen-bond donors (Lipinski definition) is 1. The predicted molar refractivity (Wildman–Crippen MR) is 86.5 cm³/mol. The van der Waals surface area contributed by atoms with Gasteiger partial charge in [-0.3, -0.25) is 9.69 Å². The maximum Gasteiger partial charge on any atom is 0.305 e. The molecular weight excluding hydrogens is 278 g/mol. The van der Waals surface area contributed by atoms with E-state index in [1.54, 1.807) is 0 Å². The van der Waals surface area contributed by atoms with Crippen molar-refractivity contribution in [1.29, 1.82) is 0 Å². The van der Waals surface area contributed by atoms with Crippen LogP contribution in [-0.4, -0.2) is 41.3 Å². The summed E-state index contributed by atoms with van der Waals surface area (Å²) in [7, 11) is 0. The Morgan fingerprint density at radius 2 is 2.05 bits per heavy atom. The number of hydrogen-bond acceptors (Lipinski definition) is 4. The maximum absolute atomic E-state index is 11.4.